The molecule has 1 unspecified atom stereocenters. The zero-order valence-corrected chi connectivity index (χ0v) is 17.1. The number of aryl methyl sites for hydroxylation is 2. The largest absolute Gasteiger partial charge is 0.274 e. The third kappa shape index (κ3) is 4.43. The highest BCUT2D eigenvalue weighted by Crippen LogP contribution is 2.36. The van der Waals surface area contributed by atoms with Crippen LogP contribution in [0, 0.1) is 18.3 Å². The first-order valence-electron chi connectivity index (χ1n) is 9.07. The molecule has 0 aliphatic carbocycles. The van der Waals surface area contributed by atoms with Gasteiger partial charge in [0, 0.05) is 14.0 Å². The molecule has 1 aromatic heterocycles. The normalized spacial score (nSPS) is 12.7. The molecule has 2 amide bonds. The van der Waals surface area contributed by atoms with Crippen LogP contribution in [0.25, 0.3) is 0 Å². The Balaban J connectivity index is 2.55. The van der Waals surface area contributed by atoms with Crippen molar-refractivity contribution < 1.29 is 14.0 Å². The van der Waals surface area contributed by atoms with Crippen molar-refractivity contribution in [1.29, 1.82) is 0 Å². The van der Waals surface area contributed by atoms with Gasteiger partial charge in [0.25, 0.3) is 5.91 Å². The summed E-state index contributed by atoms with van der Waals surface area (Å²) >= 11 is 0. The third-order valence-corrected chi connectivity index (χ3v) is 4.51. The predicted octanol–water partition coefficient (Wildman–Crippen LogP) is 4.60. The number of aromatic nitrogens is 2. The van der Waals surface area contributed by atoms with Crippen LogP contribution in [0.1, 0.15) is 68.6 Å². The maximum atomic E-state index is 14.4. The van der Waals surface area contributed by atoms with Crippen LogP contribution in [-0.4, -0.2) is 21.6 Å². The first-order chi connectivity index (χ1) is 12.4. The van der Waals surface area contributed by atoms with Crippen molar-refractivity contribution in [2.75, 3.05) is 4.90 Å². The van der Waals surface area contributed by atoms with E-state index in [0.717, 1.165) is 21.6 Å². The molecule has 0 fully saturated rings. The van der Waals surface area contributed by atoms with Crippen LogP contribution in [0.3, 0.4) is 0 Å². The average Bonchev–Trinajstić information content (AvgIpc) is 2.78. The third-order valence-electron chi connectivity index (χ3n) is 4.51. The van der Waals surface area contributed by atoms with Gasteiger partial charge < -0.3 is 0 Å². The molecular weight excluding hydrogens is 345 g/mol. The van der Waals surface area contributed by atoms with E-state index in [0.29, 0.717) is 5.69 Å². The summed E-state index contributed by atoms with van der Waals surface area (Å²) in [4.78, 5) is 26.6. The van der Waals surface area contributed by atoms with Crippen LogP contribution in [0.5, 0.6) is 0 Å². The number of para-hydroxylation sites is 1. The zero-order chi connectivity index (χ0) is 20.5. The van der Waals surface area contributed by atoms with Crippen molar-refractivity contribution in [3.05, 3.63) is 47.0 Å². The van der Waals surface area contributed by atoms with E-state index in [4.69, 9.17) is 0 Å². The Kier molecular flexibility index (Phi) is 5.88. The van der Waals surface area contributed by atoms with Gasteiger partial charge in [-0.25, -0.2) is 9.58 Å². The van der Waals surface area contributed by atoms with Crippen molar-refractivity contribution in [2.45, 2.75) is 53.9 Å². The molecule has 1 aromatic carbocycles. The Bertz CT molecular complexity index is 865. The SMILES string of the molecule is CC(=O)N(C(=O)c1c(C)nn(C)c1F)c1ccccc1C(C)CC(C)(C)C. The molecule has 2 aromatic rings. The molecule has 0 aliphatic rings. The van der Waals surface area contributed by atoms with Gasteiger partial charge >= 0.3 is 0 Å². The van der Waals surface area contributed by atoms with Gasteiger partial charge in [-0.2, -0.15) is 9.49 Å². The van der Waals surface area contributed by atoms with Gasteiger partial charge in [-0.3, -0.25) is 9.59 Å². The van der Waals surface area contributed by atoms with Crippen LogP contribution < -0.4 is 4.90 Å². The molecule has 1 heterocycles. The number of anilines is 1. The number of rotatable bonds is 4. The lowest BCUT2D eigenvalue weighted by atomic mass is 9.82. The zero-order valence-electron chi connectivity index (χ0n) is 17.1. The summed E-state index contributed by atoms with van der Waals surface area (Å²) in [6.45, 7) is 11.4. The van der Waals surface area contributed by atoms with Crippen molar-refractivity contribution in [3.8, 4) is 0 Å². The summed E-state index contributed by atoms with van der Waals surface area (Å²) in [6, 6.07) is 7.31. The Morgan fingerprint density at radius 1 is 1.26 bits per heavy atom. The monoisotopic (exact) mass is 373 g/mol. The number of imide groups is 1. The lowest BCUT2D eigenvalue weighted by Crippen LogP contribution is -2.37. The maximum Gasteiger partial charge on any atom is 0.271 e. The number of halogens is 1. The summed E-state index contributed by atoms with van der Waals surface area (Å²) in [7, 11) is 1.43. The molecule has 0 saturated carbocycles. The second-order valence-electron chi connectivity index (χ2n) is 8.26. The Labute approximate surface area is 160 Å². The smallest absolute Gasteiger partial charge is 0.271 e. The number of hydrogen-bond donors (Lipinski definition) is 0. The van der Waals surface area contributed by atoms with E-state index in [1.54, 1.807) is 19.1 Å². The highest BCUT2D eigenvalue weighted by Gasteiger charge is 2.31. The van der Waals surface area contributed by atoms with Gasteiger partial charge in [0.2, 0.25) is 11.9 Å². The number of benzene rings is 1. The number of hydrogen-bond acceptors (Lipinski definition) is 3. The van der Waals surface area contributed by atoms with Crippen molar-refractivity contribution in [3.63, 3.8) is 0 Å². The van der Waals surface area contributed by atoms with Crippen molar-refractivity contribution in [1.82, 2.24) is 9.78 Å². The number of nitrogens with zero attached hydrogens (tertiary/aromatic N) is 3. The average molecular weight is 373 g/mol. The number of carbonyl (C=O) groups excluding carboxylic acids is 2. The van der Waals surface area contributed by atoms with Crippen LogP contribution in [0.4, 0.5) is 10.1 Å². The minimum absolute atomic E-state index is 0.0869. The summed E-state index contributed by atoms with van der Waals surface area (Å²) in [6.07, 6.45) is 0.879. The van der Waals surface area contributed by atoms with Gasteiger partial charge in [0.05, 0.1) is 11.4 Å². The fourth-order valence-electron chi connectivity index (χ4n) is 3.54. The lowest BCUT2D eigenvalue weighted by molar-refractivity contribution is -0.115. The second kappa shape index (κ2) is 7.62. The highest BCUT2D eigenvalue weighted by molar-refractivity contribution is 6.21. The summed E-state index contributed by atoms with van der Waals surface area (Å²) < 4.78 is 15.4. The molecule has 0 spiro atoms. The Morgan fingerprint density at radius 3 is 2.33 bits per heavy atom. The van der Waals surface area contributed by atoms with Gasteiger partial charge in [-0.1, -0.05) is 45.9 Å². The molecule has 146 valence electrons. The first kappa shape index (κ1) is 20.8. The number of amides is 2. The predicted molar refractivity (Wildman–Crippen MR) is 104 cm³/mol. The quantitative estimate of drug-likeness (QED) is 0.787. The number of carbonyl (C=O) groups is 2. The molecule has 2 rings (SSSR count). The van der Waals surface area contributed by atoms with Gasteiger partial charge in [0.1, 0.15) is 5.56 Å². The minimum atomic E-state index is -0.746. The van der Waals surface area contributed by atoms with Gasteiger partial charge in [0.15, 0.2) is 0 Å². The maximum absolute atomic E-state index is 14.4. The van der Waals surface area contributed by atoms with Crippen LogP contribution >= 0.6 is 0 Å². The Hall–Kier alpha value is -2.50. The van der Waals surface area contributed by atoms with E-state index < -0.39 is 17.8 Å². The van der Waals surface area contributed by atoms with Crippen LogP contribution in [0.2, 0.25) is 0 Å². The molecular formula is C21H28FN3O2. The summed E-state index contributed by atoms with van der Waals surface area (Å²) in [5.74, 6) is -1.78. The molecule has 5 nitrogen and oxygen atoms in total. The standard InChI is InChI=1S/C21H28FN3O2/c1-13(12-21(4,5)6)16-10-8-9-11-17(16)25(15(3)26)20(27)18-14(2)23-24(7)19(18)22/h8-11,13H,12H2,1-7H3. The molecule has 6 heteroatoms. The Morgan fingerprint density at radius 2 is 1.85 bits per heavy atom. The molecule has 0 N–H and O–H groups in total. The molecule has 27 heavy (non-hydrogen) atoms. The highest BCUT2D eigenvalue weighted by atomic mass is 19.1. The molecule has 0 saturated heterocycles. The second-order valence-corrected chi connectivity index (χ2v) is 8.26. The van der Waals surface area contributed by atoms with E-state index in [-0.39, 0.29) is 22.6 Å². The van der Waals surface area contributed by atoms with Crippen molar-refractivity contribution in [2.24, 2.45) is 12.5 Å². The van der Waals surface area contributed by atoms with Gasteiger partial charge in [-0.15, -0.1) is 0 Å². The van der Waals surface area contributed by atoms with E-state index in [1.165, 1.54) is 14.0 Å². The van der Waals surface area contributed by atoms with Gasteiger partial charge in [-0.05, 0) is 36.3 Å². The topological polar surface area (TPSA) is 55.2 Å². The molecule has 1 atom stereocenters. The fourth-order valence-corrected chi connectivity index (χ4v) is 3.54. The summed E-state index contributed by atoms with van der Waals surface area (Å²) in [5, 5.41) is 3.96. The van der Waals surface area contributed by atoms with Crippen LogP contribution in [0.15, 0.2) is 24.3 Å². The first-order valence-corrected chi connectivity index (χ1v) is 9.07. The lowest BCUT2D eigenvalue weighted by Gasteiger charge is -2.28. The van der Waals surface area contributed by atoms with Crippen molar-refractivity contribution >= 4 is 17.5 Å². The molecule has 0 aliphatic heterocycles. The summed E-state index contributed by atoms with van der Waals surface area (Å²) in [5.41, 5.74) is 1.55. The fraction of sp³-hybridized carbons (Fsp3) is 0.476. The van der Waals surface area contributed by atoms with Crippen LogP contribution in [-0.2, 0) is 11.8 Å². The molecule has 0 bridgehead atoms. The minimum Gasteiger partial charge on any atom is -0.274 e. The van der Waals surface area contributed by atoms with E-state index >= 15 is 0 Å². The van der Waals surface area contributed by atoms with E-state index in [9.17, 15) is 14.0 Å². The molecule has 0 radical (unpaired) electrons. The van der Waals surface area contributed by atoms with E-state index in [2.05, 4.69) is 32.8 Å². The van der Waals surface area contributed by atoms with E-state index in [1.807, 2.05) is 12.1 Å².